The zero-order chi connectivity index (χ0) is 17.8. The molecule has 0 fully saturated rings. The van der Waals surface area contributed by atoms with Crippen LogP contribution in [0.4, 0.5) is 5.69 Å². The van der Waals surface area contributed by atoms with Crippen LogP contribution in [0.15, 0.2) is 53.6 Å². The second-order valence-electron chi connectivity index (χ2n) is 6.22. The minimum absolute atomic E-state index is 0.0212. The minimum atomic E-state index is 0.0212. The fourth-order valence-electron chi connectivity index (χ4n) is 3.33. The van der Waals surface area contributed by atoms with Gasteiger partial charge < -0.3 is 4.90 Å². The summed E-state index contributed by atoms with van der Waals surface area (Å²) < 4.78 is 0. The molecule has 1 atom stereocenters. The van der Waals surface area contributed by atoms with Crippen LogP contribution in [0, 0.1) is 0 Å². The molecule has 1 aliphatic heterocycles. The molecule has 0 amide bonds. The van der Waals surface area contributed by atoms with Crippen LogP contribution in [0.25, 0.3) is 0 Å². The topological polar surface area (TPSA) is 27.6 Å². The first-order valence-corrected chi connectivity index (χ1v) is 9.40. The number of thiocarbonyl (C=S) groups is 1. The highest BCUT2D eigenvalue weighted by Crippen LogP contribution is 2.28. The predicted octanol–water partition coefficient (Wildman–Crippen LogP) is 4.51. The summed E-state index contributed by atoms with van der Waals surface area (Å²) in [5.41, 5.74) is 8.92. The molecule has 0 saturated carbocycles. The molecule has 130 valence electrons. The fraction of sp³-hybridized carbons (Fsp3) is 0.333. The summed E-state index contributed by atoms with van der Waals surface area (Å²) in [7, 11) is 0. The third kappa shape index (κ3) is 3.59. The van der Waals surface area contributed by atoms with Crippen molar-refractivity contribution < 1.29 is 0 Å². The highest BCUT2D eigenvalue weighted by atomic mass is 32.1. The molecule has 1 unspecified atom stereocenters. The van der Waals surface area contributed by atoms with Crippen molar-refractivity contribution >= 4 is 28.6 Å². The average Bonchev–Trinajstić information content (AvgIpc) is 3.05. The molecular weight excluding hydrogens is 326 g/mol. The summed E-state index contributed by atoms with van der Waals surface area (Å²) in [6.45, 7) is 8.55. The molecule has 1 heterocycles. The van der Waals surface area contributed by atoms with Gasteiger partial charge in [0.25, 0.3) is 0 Å². The van der Waals surface area contributed by atoms with Gasteiger partial charge in [-0.15, -0.1) is 0 Å². The molecule has 2 aromatic rings. The molecule has 3 nitrogen and oxygen atoms in total. The van der Waals surface area contributed by atoms with Crippen molar-refractivity contribution in [1.82, 2.24) is 5.43 Å². The second-order valence-corrected chi connectivity index (χ2v) is 6.66. The van der Waals surface area contributed by atoms with Gasteiger partial charge in [-0.3, -0.25) is 5.43 Å². The predicted molar refractivity (Wildman–Crippen MR) is 111 cm³/mol. The fourth-order valence-corrected chi connectivity index (χ4v) is 3.62. The molecule has 0 radical (unpaired) electrons. The average molecular weight is 352 g/mol. The van der Waals surface area contributed by atoms with Gasteiger partial charge in [0.2, 0.25) is 0 Å². The standard InChI is InChI=1S/C21H25N3S/c1-4-15-8-7-9-17(14-15)20-19(21(25)23-22-20)16-10-12-18(13-11-16)24(5-2)6-3/h7-14,19H,4-6H2,1-3H3,(H,23,25). The second kappa shape index (κ2) is 7.79. The molecule has 2 aromatic carbocycles. The van der Waals surface area contributed by atoms with Crippen molar-refractivity contribution in [2.75, 3.05) is 18.0 Å². The monoisotopic (exact) mass is 351 g/mol. The summed E-state index contributed by atoms with van der Waals surface area (Å²) in [5, 5.41) is 4.53. The molecular formula is C21H25N3S. The molecule has 0 bridgehead atoms. The lowest BCUT2D eigenvalue weighted by Crippen LogP contribution is -2.22. The van der Waals surface area contributed by atoms with Crippen molar-refractivity contribution in [2.45, 2.75) is 33.1 Å². The first-order valence-electron chi connectivity index (χ1n) is 8.99. The molecule has 25 heavy (non-hydrogen) atoms. The number of benzene rings is 2. The number of hydrazone groups is 1. The van der Waals surface area contributed by atoms with E-state index in [9.17, 15) is 0 Å². The lowest BCUT2D eigenvalue weighted by molar-refractivity contribution is 0.866. The first kappa shape index (κ1) is 17.6. The molecule has 1 N–H and O–H groups in total. The third-order valence-electron chi connectivity index (χ3n) is 4.81. The van der Waals surface area contributed by atoms with Gasteiger partial charge in [-0.2, -0.15) is 5.10 Å². The van der Waals surface area contributed by atoms with Crippen LogP contribution in [0.1, 0.15) is 43.4 Å². The quantitative estimate of drug-likeness (QED) is 0.776. The SMILES string of the molecule is CCc1cccc(C2=NNC(=S)C2c2ccc(N(CC)CC)cc2)c1. The van der Waals surface area contributed by atoms with E-state index in [1.165, 1.54) is 16.8 Å². The molecule has 4 heteroatoms. The van der Waals surface area contributed by atoms with Crippen molar-refractivity contribution in [3.05, 3.63) is 65.2 Å². The Morgan fingerprint density at radius 2 is 1.76 bits per heavy atom. The van der Waals surface area contributed by atoms with Gasteiger partial charge >= 0.3 is 0 Å². The Balaban J connectivity index is 1.91. The third-order valence-corrected chi connectivity index (χ3v) is 5.14. The van der Waals surface area contributed by atoms with Crippen molar-refractivity contribution in [3.8, 4) is 0 Å². The normalized spacial score (nSPS) is 16.5. The maximum atomic E-state index is 5.55. The smallest absolute Gasteiger partial charge is 0.110 e. The molecule has 3 rings (SSSR count). The number of aryl methyl sites for hydroxylation is 1. The Morgan fingerprint density at radius 1 is 1.04 bits per heavy atom. The Hall–Kier alpha value is -2.20. The van der Waals surface area contributed by atoms with Crippen LogP contribution in [0.2, 0.25) is 0 Å². The van der Waals surface area contributed by atoms with E-state index in [0.29, 0.717) is 0 Å². The number of anilines is 1. The molecule has 0 aromatic heterocycles. The largest absolute Gasteiger partial charge is 0.372 e. The summed E-state index contributed by atoms with van der Waals surface area (Å²) in [6, 6.07) is 17.3. The van der Waals surface area contributed by atoms with Crippen molar-refractivity contribution in [3.63, 3.8) is 0 Å². The van der Waals surface area contributed by atoms with Crippen LogP contribution in [-0.2, 0) is 6.42 Å². The van der Waals surface area contributed by atoms with Crippen molar-refractivity contribution in [2.24, 2.45) is 5.10 Å². The number of rotatable bonds is 6. The first-order chi connectivity index (χ1) is 12.2. The van der Waals surface area contributed by atoms with Crippen LogP contribution < -0.4 is 10.3 Å². The van der Waals surface area contributed by atoms with Gasteiger partial charge in [0, 0.05) is 18.8 Å². The van der Waals surface area contributed by atoms with E-state index in [-0.39, 0.29) is 5.92 Å². The van der Waals surface area contributed by atoms with E-state index in [1.807, 2.05) is 0 Å². The van der Waals surface area contributed by atoms with Gasteiger partial charge in [-0.05, 0) is 55.2 Å². The Kier molecular flexibility index (Phi) is 5.49. The van der Waals surface area contributed by atoms with E-state index in [0.717, 1.165) is 35.8 Å². The van der Waals surface area contributed by atoms with Gasteiger partial charge in [-0.1, -0.05) is 49.5 Å². The van der Waals surface area contributed by atoms with Gasteiger partial charge in [0.1, 0.15) is 4.99 Å². The Labute approximate surface area is 155 Å². The zero-order valence-corrected chi connectivity index (χ0v) is 15.9. The number of hydrogen-bond donors (Lipinski definition) is 1. The highest BCUT2D eigenvalue weighted by Gasteiger charge is 2.29. The van der Waals surface area contributed by atoms with E-state index >= 15 is 0 Å². The van der Waals surface area contributed by atoms with Crippen LogP contribution in [-0.4, -0.2) is 23.8 Å². The maximum Gasteiger partial charge on any atom is 0.110 e. The highest BCUT2D eigenvalue weighted by molar-refractivity contribution is 7.80. The van der Waals surface area contributed by atoms with Crippen molar-refractivity contribution in [1.29, 1.82) is 0 Å². The number of nitrogens with zero attached hydrogens (tertiary/aromatic N) is 2. The van der Waals surface area contributed by atoms with Crippen LogP contribution in [0.5, 0.6) is 0 Å². The summed E-state index contributed by atoms with van der Waals surface area (Å²) >= 11 is 5.55. The molecule has 0 saturated heterocycles. The lowest BCUT2D eigenvalue weighted by atomic mass is 9.89. The van der Waals surface area contributed by atoms with E-state index in [2.05, 4.69) is 84.7 Å². The van der Waals surface area contributed by atoms with Crippen LogP contribution in [0.3, 0.4) is 0 Å². The van der Waals surface area contributed by atoms with E-state index < -0.39 is 0 Å². The van der Waals surface area contributed by atoms with Crippen LogP contribution >= 0.6 is 12.2 Å². The van der Waals surface area contributed by atoms with E-state index in [1.54, 1.807) is 0 Å². The van der Waals surface area contributed by atoms with Gasteiger partial charge in [0.05, 0.1) is 11.6 Å². The molecule has 0 spiro atoms. The zero-order valence-electron chi connectivity index (χ0n) is 15.1. The van der Waals surface area contributed by atoms with Gasteiger partial charge in [-0.25, -0.2) is 0 Å². The Morgan fingerprint density at radius 3 is 2.40 bits per heavy atom. The molecule has 0 aliphatic carbocycles. The summed E-state index contributed by atoms with van der Waals surface area (Å²) in [4.78, 5) is 3.11. The lowest BCUT2D eigenvalue weighted by Gasteiger charge is -2.22. The summed E-state index contributed by atoms with van der Waals surface area (Å²) in [6.07, 6.45) is 1.02. The van der Waals surface area contributed by atoms with Gasteiger partial charge in [0.15, 0.2) is 0 Å². The maximum absolute atomic E-state index is 5.55. The Bertz CT molecular complexity index is 776. The number of nitrogens with one attached hydrogen (secondary N) is 1. The summed E-state index contributed by atoms with van der Waals surface area (Å²) in [5.74, 6) is 0.0212. The molecule has 1 aliphatic rings. The van der Waals surface area contributed by atoms with E-state index in [4.69, 9.17) is 12.2 Å². The minimum Gasteiger partial charge on any atom is -0.372 e. The number of hydrogen-bond acceptors (Lipinski definition) is 3.